The molecule has 0 aliphatic carbocycles. The summed E-state index contributed by atoms with van der Waals surface area (Å²) in [6.07, 6.45) is 1.57. The van der Waals surface area contributed by atoms with E-state index in [0.29, 0.717) is 12.2 Å². The normalized spacial score (nSPS) is 11.8. The lowest BCUT2D eigenvalue weighted by Gasteiger charge is -2.07. The summed E-state index contributed by atoms with van der Waals surface area (Å²) in [5, 5.41) is 3.02. The number of sulfone groups is 1. The van der Waals surface area contributed by atoms with Crippen LogP contribution in [-0.2, 0) is 16.4 Å². The van der Waals surface area contributed by atoms with Gasteiger partial charge in [-0.25, -0.2) is 8.42 Å². The Morgan fingerprint density at radius 3 is 2.35 bits per heavy atom. The fourth-order valence-corrected chi connectivity index (χ4v) is 2.35. The minimum absolute atomic E-state index is 0.396. The number of hydrogen-bond acceptors (Lipinski definition) is 4. The zero-order valence-corrected chi connectivity index (χ0v) is 11.5. The first-order valence-corrected chi connectivity index (χ1v) is 7.35. The average Bonchev–Trinajstić information content (AvgIpc) is 2.82. The van der Waals surface area contributed by atoms with Gasteiger partial charge in [0.2, 0.25) is 9.84 Å². The van der Waals surface area contributed by atoms with Crippen LogP contribution in [0.25, 0.3) is 0 Å². The number of furan rings is 1. The van der Waals surface area contributed by atoms with Crippen LogP contribution in [0.5, 0.6) is 0 Å². The van der Waals surface area contributed by atoms with Crippen molar-refractivity contribution in [2.24, 2.45) is 0 Å². The summed E-state index contributed by atoms with van der Waals surface area (Å²) in [7, 11) is -4.54. The first kappa shape index (κ1) is 14.5. The van der Waals surface area contributed by atoms with E-state index in [2.05, 4.69) is 5.32 Å². The zero-order chi connectivity index (χ0) is 14.8. The maximum absolute atomic E-state index is 12.4. The van der Waals surface area contributed by atoms with Gasteiger partial charge in [0, 0.05) is 5.69 Å². The lowest BCUT2D eigenvalue weighted by atomic mass is 10.2. The van der Waals surface area contributed by atoms with Gasteiger partial charge in [-0.2, -0.15) is 8.78 Å². The Kier molecular flexibility index (Phi) is 4.08. The van der Waals surface area contributed by atoms with Crippen molar-refractivity contribution in [1.82, 2.24) is 0 Å². The molecule has 0 saturated heterocycles. The lowest BCUT2D eigenvalue weighted by Crippen LogP contribution is -2.11. The van der Waals surface area contributed by atoms with Gasteiger partial charge in [-0.05, 0) is 42.8 Å². The highest BCUT2D eigenvalue weighted by Crippen LogP contribution is 2.20. The summed E-state index contributed by atoms with van der Waals surface area (Å²) in [6.45, 7) is 2.33. The first-order valence-electron chi connectivity index (χ1n) is 5.80. The Morgan fingerprint density at radius 2 is 1.85 bits per heavy atom. The van der Waals surface area contributed by atoms with Crippen LogP contribution in [0.4, 0.5) is 14.5 Å². The molecule has 1 heterocycles. The van der Waals surface area contributed by atoms with Crippen LogP contribution < -0.4 is 5.32 Å². The van der Waals surface area contributed by atoms with Gasteiger partial charge in [0.15, 0.2) is 0 Å². The van der Waals surface area contributed by atoms with Crippen LogP contribution in [0.15, 0.2) is 45.9 Å². The van der Waals surface area contributed by atoms with Gasteiger partial charge >= 0.3 is 5.76 Å². The monoisotopic (exact) mass is 301 g/mol. The highest BCUT2D eigenvalue weighted by molar-refractivity contribution is 7.91. The predicted octanol–water partition coefficient (Wildman–Crippen LogP) is 3.20. The van der Waals surface area contributed by atoms with E-state index in [1.165, 1.54) is 12.1 Å². The summed E-state index contributed by atoms with van der Waals surface area (Å²) in [5.74, 6) is -2.65. The molecule has 20 heavy (non-hydrogen) atoms. The fourth-order valence-electron chi connectivity index (χ4n) is 1.63. The fraction of sp³-hybridized carbons (Fsp3) is 0.231. The van der Waals surface area contributed by atoms with E-state index in [9.17, 15) is 17.2 Å². The molecule has 1 aromatic carbocycles. The van der Waals surface area contributed by atoms with Crippen molar-refractivity contribution in [3.05, 3.63) is 47.9 Å². The Morgan fingerprint density at radius 1 is 1.20 bits per heavy atom. The van der Waals surface area contributed by atoms with E-state index in [-0.39, 0.29) is 0 Å². The Bertz CT molecular complexity index is 678. The van der Waals surface area contributed by atoms with E-state index in [0.717, 1.165) is 23.5 Å². The van der Waals surface area contributed by atoms with Crippen molar-refractivity contribution >= 4 is 15.5 Å². The van der Waals surface area contributed by atoms with Crippen molar-refractivity contribution in [1.29, 1.82) is 0 Å². The molecule has 1 N–H and O–H groups in total. The third kappa shape index (κ3) is 2.98. The molecule has 0 bridgehead atoms. The van der Waals surface area contributed by atoms with Gasteiger partial charge in [-0.1, -0.05) is 0 Å². The molecule has 4 nitrogen and oxygen atoms in total. The molecule has 0 unspecified atom stereocenters. The molecule has 0 radical (unpaired) electrons. The molecule has 0 aliphatic rings. The third-order valence-electron chi connectivity index (χ3n) is 2.84. The Balaban J connectivity index is 2.08. The van der Waals surface area contributed by atoms with Crippen LogP contribution in [0.1, 0.15) is 11.3 Å². The number of alkyl halides is 2. The van der Waals surface area contributed by atoms with Gasteiger partial charge in [-0.15, -0.1) is 0 Å². The second-order valence-electron chi connectivity index (χ2n) is 4.21. The number of halogens is 2. The highest BCUT2D eigenvalue weighted by Gasteiger charge is 2.26. The maximum atomic E-state index is 12.4. The predicted molar refractivity (Wildman–Crippen MR) is 70.4 cm³/mol. The van der Waals surface area contributed by atoms with E-state index in [1.54, 1.807) is 6.26 Å². The molecule has 0 aliphatic heterocycles. The number of benzene rings is 1. The van der Waals surface area contributed by atoms with Crippen molar-refractivity contribution in [3.63, 3.8) is 0 Å². The minimum atomic E-state index is -4.54. The minimum Gasteiger partial charge on any atom is -0.467 e. The smallest absolute Gasteiger partial charge is 0.341 e. The molecule has 0 saturated carbocycles. The number of anilines is 1. The van der Waals surface area contributed by atoms with Gasteiger partial charge in [0.05, 0.1) is 17.7 Å². The van der Waals surface area contributed by atoms with E-state index < -0.39 is 20.5 Å². The first-order chi connectivity index (χ1) is 9.41. The summed E-state index contributed by atoms with van der Waals surface area (Å²) in [4.78, 5) is -0.396. The van der Waals surface area contributed by atoms with Crippen LogP contribution in [0.3, 0.4) is 0 Å². The molecule has 2 rings (SSSR count). The second-order valence-corrected chi connectivity index (χ2v) is 6.13. The molecule has 0 amide bonds. The number of rotatable bonds is 5. The molecule has 0 spiro atoms. The summed E-state index contributed by atoms with van der Waals surface area (Å²) < 4.78 is 52.5. The largest absolute Gasteiger partial charge is 0.467 e. The molecule has 108 valence electrons. The standard InChI is InChI=1S/C13H13F2NO3S/c1-9-6-7-19-12(9)8-16-10-2-4-11(5-3-10)20(17,18)13(14)15/h2-7,13,16H,8H2,1H3. The number of nitrogens with one attached hydrogen (secondary N) is 1. The summed E-state index contributed by atoms with van der Waals surface area (Å²) >= 11 is 0. The molecule has 0 fully saturated rings. The summed E-state index contributed by atoms with van der Waals surface area (Å²) in [5.41, 5.74) is 1.61. The topological polar surface area (TPSA) is 59.3 Å². The van der Waals surface area contributed by atoms with Crippen LogP contribution in [0, 0.1) is 6.92 Å². The molecule has 0 atom stereocenters. The zero-order valence-electron chi connectivity index (χ0n) is 10.6. The third-order valence-corrected chi connectivity index (χ3v) is 4.24. The maximum Gasteiger partial charge on any atom is 0.341 e. The van der Waals surface area contributed by atoms with E-state index in [4.69, 9.17) is 4.42 Å². The van der Waals surface area contributed by atoms with Gasteiger partial charge in [-0.3, -0.25) is 0 Å². The molecule has 2 aromatic rings. The molecule has 1 aromatic heterocycles. The number of aryl methyl sites for hydroxylation is 1. The Hall–Kier alpha value is -1.89. The van der Waals surface area contributed by atoms with Crippen molar-refractivity contribution in [2.45, 2.75) is 24.1 Å². The highest BCUT2D eigenvalue weighted by atomic mass is 32.2. The Labute approximate surface area is 115 Å². The van der Waals surface area contributed by atoms with Crippen LogP contribution >= 0.6 is 0 Å². The van der Waals surface area contributed by atoms with Gasteiger partial charge in [0.25, 0.3) is 0 Å². The number of hydrogen-bond donors (Lipinski definition) is 1. The van der Waals surface area contributed by atoms with Crippen molar-refractivity contribution in [2.75, 3.05) is 5.32 Å². The van der Waals surface area contributed by atoms with Crippen LogP contribution in [-0.4, -0.2) is 14.2 Å². The van der Waals surface area contributed by atoms with E-state index >= 15 is 0 Å². The summed E-state index contributed by atoms with van der Waals surface area (Å²) in [6, 6.07) is 7.01. The van der Waals surface area contributed by atoms with Crippen LogP contribution in [0.2, 0.25) is 0 Å². The quantitative estimate of drug-likeness (QED) is 0.921. The molecular formula is C13H13F2NO3S. The average molecular weight is 301 g/mol. The lowest BCUT2D eigenvalue weighted by molar-refractivity contribution is 0.234. The molecule has 7 heteroatoms. The molecular weight excluding hydrogens is 288 g/mol. The van der Waals surface area contributed by atoms with Gasteiger partial charge < -0.3 is 9.73 Å². The van der Waals surface area contributed by atoms with Crippen molar-refractivity contribution < 1.29 is 21.6 Å². The second kappa shape index (κ2) is 5.62. The SMILES string of the molecule is Cc1ccoc1CNc1ccc(S(=O)(=O)C(F)F)cc1. The van der Waals surface area contributed by atoms with E-state index in [1.807, 2.05) is 13.0 Å². The van der Waals surface area contributed by atoms with Crippen molar-refractivity contribution in [3.8, 4) is 0 Å². The van der Waals surface area contributed by atoms with Gasteiger partial charge in [0.1, 0.15) is 5.76 Å².